The average Bonchev–Trinajstić information content (AvgIpc) is 3.07. The number of rotatable bonds is 5. The van der Waals surface area contributed by atoms with Crippen LogP contribution in [0.4, 0.5) is 0 Å². The molecule has 0 aliphatic heterocycles. The summed E-state index contributed by atoms with van der Waals surface area (Å²) in [6, 6.07) is 0.784. The number of H-pyrrole nitrogens is 1. The van der Waals surface area contributed by atoms with E-state index < -0.39 is 0 Å². The predicted molar refractivity (Wildman–Crippen MR) is 82.8 cm³/mol. The van der Waals surface area contributed by atoms with Crippen LogP contribution >= 0.6 is 0 Å². The Hall–Kier alpha value is -0.830. The first kappa shape index (κ1) is 14.1. The summed E-state index contributed by atoms with van der Waals surface area (Å²) in [6.07, 6.45) is 16.1. The van der Waals surface area contributed by atoms with Gasteiger partial charge in [0.15, 0.2) is 0 Å². The fourth-order valence-electron chi connectivity index (χ4n) is 4.27. The molecular weight excluding hydrogens is 246 g/mol. The summed E-state index contributed by atoms with van der Waals surface area (Å²) >= 11 is 0. The molecule has 112 valence electrons. The van der Waals surface area contributed by atoms with Crippen LogP contribution in [0.5, 0.6) is 0 Å². The predicted octanol–water partition coefficient (Wildman–Crippen LogP) is 3.74. The Morgan fingerprint density at radius 1 is 1.25 bits per heavy atom. The quantitative estimate of drug-likeness (QED) is 0.804. The third-order valence-corrected chi connectivity index (χ3v) is 5.70. The summed E-state index contributed by atoms with van der Waals surface area (Å²) < 4.78 is 0. The number of aryl methyl sites for hydroxylation is 2. The molecule has 2 aliphatic rings. The number of aromatic amines is 1. The molecule has 0 unspecified atom stereocenters. The van der Waals surface area contributed by atoms with Crippen molar-refractivity contribution in [1.82, 2.24) is 15.5 Å². The van der Waals surface area contributed by atoms with Gasteiger partial charge in [0, 0.05) is 11.7 Å². The lowest BCUT2D eigenvalue weighted by Gasteiger charge is -2.37. The molecule has 20 heavy (non-hydrogen) atoms. The highest BCUT2D eigenvalue weighted by Gasteiger charge is 2.37. The standard InChI is InChI=1S/C17H29N3/c1-14-15(13-19-20-14)5-4-12-18-16-6-10-17(11-7-16)8-2-3-9-17/h13,16,18H,2-12H2,1H3,(H,19,20). The van der Waals surface area contributed by atoms with Crippen molar-refractivity contribution in [3.8, 4) is 0 Å². The summed E-state index contributed by atoms with van der Waals surface area (Å²) in [5, 5.41) is 10.9. The number of nitrogens with zero attached hydrogens (tertiary/aromatic N) is 1. The average molecular weight is 275 g/mol. The Morgan fingerprint density at radius 2 is 2.00 bits per heavy atom. The monoisotopic (exact) mass is 275 g/mol. The summed E-state index contributed by atoms with van der Waals surface area (Å²) in [4.78, 5) is 0. The van der Waals surface area contributed by atoms with E-state index in [1.54, 1.807) is 0 Å². The molecule has 2 aliphatic carbocycles. The zero-order valence-corrected chi connectivity index (χ0v) is 12.9. The Kier molecular flexibility index (Phi) is 4.45. The van der Waals surface area contributed by atoms with Crippen molar-refractivity contribution in [3.63, 3.8) is 0 Å². The lowest BCUT2D eigenvalue weighted by molar-refractivity contribution is 0.168. The number of nitrogens with one attached hydrogen (secondary N) is 2. The van der Waals surface area contributed by atoms with E-state index in [2.05, 4.69) is 22.4 Å². The molecule has 1 spiro atoms. The van der Waals surface area contributed by atoms with Crippen molar-refractivity contribution in [1.29, 1.82) is 0 Å². The van der Waals surface area contributed by atoms with E-state index in [1.165, 1.54) is 69.0 Å². The SMILES string of the molecule is Cc1[nH]ncc1CCCNC1CCC2(CCCC2)CC1. The fourth-order valence-corrected chi connectivity index (χ4v) is 4.27. The van der Waals surface area contributed by atoms with Crippen molar-refractivity contribution in [2.24, 2.45) is 5.41 Å². The smallest absolute Gasteiger partial charge is 0.0522 e. The molecule has 1 heterocycles. The molecule has 1 aromatic heterocycles. The lowest BCUT2D eigenvalue weighted by Crippen LogP contribution is -2.37. The molecule has 0 radical (unpaired) electrons. The zero-order valence-electron chi connectivity index (χ0n) is 12.9. The van der Waals surface area contributed by atoms with Crippen LogP contribution in [0.25, 0.3) is 0 Å². The van der Waals surface area contributed by atoms with Gasteiger partial charge in [-0.25, -0.2) is 0 Å². The molecule has 0 bridgehead atoms. The van der Waals surface area contributed by atoms with Gasteiger partial charge in [-0.05, 0) is 75.8 Å². The lowest BCUT2D eigenvalue weighted by atomic mass is 9.71. The maximum atomic E-state index is 4.09. The first-order valence-corrected chi connectivity index (χ1v) is 8.50. The van der Waals surface area contributed by atoms with Crippen molar-refractivity contribution < 1.29 is 0 Å². The molecule has 3 rings (SSSR count). The van der Waals surface area contributed by atoms with Crippen molar-refractivity contribution in [3.05, 3.63) is 17.5 Å². The Balaban J connectivity index is 1.33. The van der Waals surface area contributed by atoms with Gasteiger partial charge in [-0.2, -0.15) is 5.10 Å². The number of aromatic nitrogens is 2. The minimum atomic E-state index is 0.770. The minimum absolute atomic E-state index is 0.770. The van der Waals surface area contributed by atoms with Gasteiger partial charge < -0.3 is 5.32 Å². The highest BCUT2D eigenvalue weighted by molar-refractivity contribution is 5.14. The van der Waals surface area contributed by atoms with Crippen molar-refractivity contribution in [2.45, 2.75) is 77.2 Å². The Labute approximate surface area is 122 Å². The number of hydrogen-bond donors (Lipinski definition) is 2. The normalized spacial score (nSPS) is 22.6. The minimum Gasteiger partial charge on any atom is -0.314 e. The molecule has 1 aromatic rings. The molecule has 0 amide bonds. The van der Waals surface area contributed by atoms with Crippen LogP contribution in [0.1, 0.15) is 69.0 Å². The fraction of sp³-hybridized carbons (Fsp3) is 0.824. The summed E-state index contributed by atoms with van der Waals surface area (Å²) in [5.41, 5.74) is 3.37. The Bertz CT molecular complexity index is 408. The van der Waals surface area contributed by atoms with Crippen LogP contribution in [0.3, 0.4) is 0 Å². The summed E-state index contributed by atoms with van der Waals surface area (Å²) in [7, 11) is 0. The molecule has 2 N–H and O–H groups in total. The summed E-state index contributed by atoms with van der Waals surface area (Å²) in [6.45, 7) is 3.26. The van der Waals surface area contributed by atoms with E-state index >= 15 is 0 Å². The van der Waals surface area contributed by atoms with Gasteiger partial charge in [0.1, 0.15) is 0 Å². The highest BCUT2D eigenvalue weighted by atomic mass is 15.1. The third kappa shape index (κ3) is 3.25. The van der Waals surface area contributed by atoms with E-state index in [4.69, 9.17) is 0 Å². The molecule has 2 saturated carbocycles. The van der Waals surface area contributed by atoms with Gasteiger partial charge in [0.2, 0.25) is 0 Å². The van der Waals surface area contributed by atoms with E-state index in [1.807, 2.05) is 6.20 Å². The van der Waals surface area contributed by atoms with E-state index in [0.717, 1.165) is 24.4 Å². The second-order valence-corrected chi connectivity index (χ2v) is 7.06. The summed E-state index contributed by atoms with van der Waals surface area (Å²) in [5.74, 6) is 0. The van der Waals surface area contributed by atoms with Gasteiger partial charge in [0.25, 0.3) is 0 Å². The van der Waals surface area contributed by atoms with E-state index in [-0.39, 0.29) is 0 Å². The maximum absolute atomic E-state index is 4.09. The van der Waals surface area contributed by atoms with Crippen LogP contribution in [0, 0.1) is 12.3 Å². The molecule has 3 nitrogen and oxygen atoms in total. The molecule has 0 aromatic carbocycles. The molecule has 0 saturated heterocycles. The highest BCUT2D eigenvalue weighted by Crippen LogP contribution is 2.48. The molecular formula is C17H29N3. The van der Waals surface area contributed by atoms with Crippen LogP contribution in [0.2, 0.25) is 0 Å². The van der Waals surface area contributed by atoms with Gasteiger partial charge in [-0.15, -0.1) is 0 Å². The first-order chi connectivity index (χ1) is 9.77. The third-order valence-electron chi connectivity index (χ3n) is 5.70. The molecule has 0 atom stereocenters. The van der Waals surface area contributed by atoms with Gasteiger partial charge in [-0.3, -0.25) is 5.10 Å². The molecule has 2 fully saturated rings. The van der Waals surface area contributed by atoms with Crippen LogP contribution in [-0.4, -0.2) is 22.8 Å². The van der Waals surface area contributed by atoms with Crippen molar-refractivity contribution >= 4 is 0 Å². The maximum Gasteiger partial charge on any atom is 0.0522 e. The second-order valence-electron chi connectivity index (χ2n) is 7.06. The largest absolute Gasteiger partial charge is 0.314 e. The van der Waals surface area contributed by atoms with E-state index in [9.17, 15) is 0 Å². The van der Waals surface area contributed by atoms with Crippen LogP contribution in [-0.2, 0) is 6.42 Å². The zero-order chi connectivity index (χ0) is 13.8. The van der Waals surface area contributed by atoms with Gasteiger partial charge >= 0.3 is 0 Å². The Morgan fingerprint density at radius 3 is 2.65 bits per heavy atom. The van der Waals surface area contributed by atoms with Gasteiger partial charge in [-0.1, -0.05) is 12.8 Å². The van der Waals surface area contributed by atoms with Crippen LogP contribution < -0.4 is 5.32 Å². The molecule has 3 heteroatoms. The topological polar surface area (TPSA) is 40.7 Å². The number of hydrogen-bond acceptors (Lipinski definition) is 2. The first-order valence-electron chi connectivity index (χ1n) is 8.50. The van der Waals surface area contributed by atoms with E-state index in [0.29, 0.717) is 0 Å². The second kappa shape index (κ2) is 6.30. The van der Waals surface area contributed by atoms with Crippen molar-refractivity contribution in [2.75, 3.05) is 6.54 Å². The van der Waals surface area contributed by atoms with Gasteiger partial charge in [0.05, 0.1) is 6.20 Å². The van der Waals surface area contributed by atoms with Crippen LogP contribution in [0.15, 0.2) is 6.20 Å².